The number of halogens is 2. The zero-order valence-electron chi connectivity index (χ0n) is 13.2. The van der Waals surface area contributed by atoms with Crippen LogP contribution >= 0.6 is 11.6 Å². The highest BCUT2D eigenvalue weighted by atomic mass is 35.5. The molecule has 26 heavy (non-hydrogen) atoms. The van der Waals surface area contributed by atoms with E-state index in [4.69, 9.17) is 11.6 Å². The third kappa shape index (κ3) is 1.84. The summed E-state index contributed by atoms with van der Waals surface area (Å²) < 4.78 is 14.7. The summed E-state index contributed by atoms with van der Waals surface area (Å²) >= 11 is 6.28. The molecule has 0 unspecified atom stereocenters. The maximum Gasteiger partial charge on any atom is 0.270 e. The first kappa shape index (κ1) is 15.2. The second-order valence-corrected chi connectivity index (χ2v) is 6.63. The average Bonchev–Trinajstić information content (AvgIpc) is 3.14. The number of aromatic amines is 2. The number of allylic oxidation sites excluding steroid dienone is 1. The van der Waals surface area contributed by atoms with Gasteiger partial charge in [0.15, 0.2) is 5.78 Å². The third-order valence-corrected chi connectivity index (χ3v) is 5.22. The van der Waals surface area contributed by atoms with E-state index < -0.39 is 17.3 Å². The van der Waals surface area contributed by atoms with Crippen molar-refractivity contribution in [2.45, 2.75) is 5.92 Å². The molecule has 1 aromatic heterocycles. The lowest BCUT2D eigenvalue weighted by atomic mass is 9.81. The number of hydrogen-bond acceptors (Lipinski definition) is 3. The maximum absolute atomic E-state index is 14.7. The molecule has 5 nitrogen and oxygen atoms in total. The molecular formula is C19H11ClFN3O2. The first-order valence-electron chi connectivity index (χ1n) is 7.97. The molecule has 0 saturated heterocycles. The quantitative estimate of drug-likeness (QED) is 0.614. The van der Waals surface area contributed by atoms with Gasteiger partial charge in [-0.2, -0.15) is 0 Å². The van der Waals surface area contributed by atoms with Crippen LogP contribution in [0.15, 0.2) is 52.8 Å². The Morgan fingerprint density at radius 2 is 1.69 bits per heavy atom. The van der Waals surface area contributed by atoms with E-state index in [2.05, 4.69) is 15.5 Å². The van der Waals surface area contributed by atoms with Crippen LogP contribution in [0.3, 0.4) is 0 Å². The maximum atomic E-state index is 14.7. The van der Waals surface area contributed by atoms with Crippen LogP contribution in [0.5, 0.6) is 0 Å². The molecule has 0 fully saturated rings. The minimum absolute atomic E-state index is 0.121. The normalized spacial score (nSPS) is 17.6. The summed E-state index contributed by atoms with van der Waals surface area (Å²) in [5.41, 5.74) is 2.08. The standard InChI is InChI=1S/C19H11ClFN3O2/c20-10-6-3-7-11(21)12(10)13-14-16(22-18-15(13)19(26)24-23-18)8-4-1-2-5-9(8)17(14)25/h1-7,13H,(H3,22,23,24,26)/t13-/m0/s1. The highest BCUT2D eigenvalue weighted by Gasteiger charge is 2.43. The van der Waals surface area contributed by atoms with Gasteiger partial charge in [0.1, 0.15) is 11.6 Å². The summed E-state index contributed by atoms with van der Waals surface area (Å²) in [6.07, 6.45) is 0. The number of H-pyrrole nitrogens is 2. The van der Waals surface area contributed by atoms with Crippen LogP contribution in [0.25, 0.3) is 5.70 Å². The van der Waals surface area contributed by atoms with Gasteiger partial charge in [-0.25, -0.2) is 4.39 Å². The zero-order chi connectivity index (χ0) is 18.0. The van der Waals surface area contributed by atoms with E-state index in [1.165, 1.54) is 12.1 Å². The summed E-state index contributed by atoms with van der Waals surface area (Å²) in [6, 6.07) is 11.4. The molecule has 1 aliphatic carbocycles. The zero-order valence-corrected chi connectivity index (χ0v) is 13.9. The Morgan fingerprint density at radius 3 is 2.46 bits per heavy atom. The Hall–Kier alpha value is -3.12. The molecule has 0 radical (unpaired) electrons. The smallest absolute Gasteiger partial charge is 0.270 e. The Bertz CT molecular complexity index is 1170. The molecule has 5 rings (SSSR count). The van der Waals surface area contributed by atoms with Gasteiger partial charge in [-0.15, -0.1) is 0 Å². The van der Waals surface area contributed by atoms with E-state index in [9.17, 15) is 14.0 Å². The molecule has 0 bridgehead atoms. The molecule has 3 N–H and O–H groups in total. The van der Waals surface area contributed by atoms with Crippen molar-refractivity contribution in [3.05, 3.63) is 91.5 Å². The van der Waals surface area contributed by atoms with Crippen molar-refractivity contribution in [1.82, 2.24) is 10.2 Å². The Labute approximate surface area is 151 Å². The van der Waals surface area contributed by atoms with Gasteiger partial charge in [-0.3, -0.25) is 19.8 Å². The number of anilines is 1. The molecule has 1 atom stereocenters. The lowest BCUT2D eigenvalue weighted by Crippen LogP contribution is -2.24. The van der Waals surface area contributed by atoms with Gasteiger partial charge in [0.2, 0.25) is 0 Å². The number of fused-ring (bicyclic) bond motifs is 3. The number of carbonyl (C=O) groups excluding carboxylic acids is 1. The predicted octanol–water partition coefficient (Wildman–Crippen LogP) is 3.66. The van der Waals surface area contributed by atoms with E-state index in [-0.39, 0.29) is 21.9 Å². The fourth-order valence-corrected chi connectivity index (χ4v) is 4.07. The van der Waals surface area contributed by atoms with Gasteiger partial charge in [-0.05, 0) is 12.1 Å². The summed E-state index contributed by atoms with van der Waals surface area (Å²) in [6.45, 7) is 0. The molecule has 2 aliphatic rings. The number of nitrogens with one attached hydrogen (secondary N) is 3. The van der Waals surface area contributed by atoms with Crippen molar-refractivity contribution in [3.8, 4) is 0 Å². The summed E-state index contributed by atoms with van der Waals surface area (Å²) in [5, 5.41) is 8.54. The summed E-state index contributed by atoms with van der Waals surface area (Å²) in [7, 11) is 0. The largest absolute Gasteiger partial charge is 0.339 e. The van der Waals surface area contributed by atoms with E-state index in [0.717, 1.165) is 5.56 Å². The van der Waals surface area contributed by atoms with Crippen LogP contribution < -0.4 is 10.9 Å². The van der Waals surface area contributed by atoms with Gasteiger partial charge in [0, 0.05) is 27.3 Å². The molecule has 0 amide bonds. The summed E-state index contributed by atoms with van der Waals surface area (Å²) in [4.78, 5) is 25.5. The highest BCUT2D eigenvalue weighted by Crippen LogP contribution is 2.49. The second kappa shape index (κ2) is 5.19. The van der Waals surface area contributed by atoms with E-state index >= 15 is 0 Å². The Kier molecular flexibility index (Phi) is 3.02. The fraction of sp³-hybridized carbons (Fsp3) is 0.0526. The van der Waals surface area contributed by atoms with Crippen molar-refractivity contribution < 1.29 is 9.18 Å². The second-order valence-electron chi connectivity index (χ2n) is 6.22. The molecule has 0 saturated carbocycles. The molecule has 1 aliphatic heterocycles. The molecule has 2 aromatic carbocycles. The minimum Gasteiger partial charge on any atom is -0.339 e. The number of rotatable bonds is 1. The summed E-state index contributed by atoms with van der Waals surface area (Å²) in [5.74, 6) is -1.29. The van der Waals surface area contributed by atoms with Crippen LogP contribution in [0.2, 0.25) is 5.02 Å². The van der Waals surface area contributed by atoms with Crippen molar-refractivity contribution >= 4 is 28.9 Å². The van der Waals surface area contributed by atoms with Crippen molar-refractivity contribution in [3.63, 3.8) is 0 Å². The van der Waals surface area contributed by atoms with Crippen molar-refractivity contribution in [1.29, 1.82) is 0 Å². The van der Waals surface area contributed by atoms with E-state index in [1.54, 1.807) is 18.2 Å². The Balaban J connectivity index is 1.86. The average molecular weight is 368 g/mol. The van der Waals surface area contributed by atoms with Crippen LogP contribution in [-0.4, -0.2) is 16.0 Å². The van der Waals surface area contributed by atoms with E-state index in [0.29, 0.717) is 22.7 Å². The van der Waals surface area contributed by atoms with E-state index in [1.807, 2.05) is 12.1 Å². The first-order chi connectivity index (χ1) is 12.6. The van der Waals surface area contributed by atoms with Crippen LogP contribution in [0, 0.1) is 5.82 Å². The highest BCUT2D eigenvalue weighted by molar-refractivity contribution is 6.32. The molecule has 128 valence electrons. The molecule has 7 heteroatoms. The topological polar surface area (TPSA) is 77.8 Å². The minimum atomic E-state index is -0.898. The number of benzene rings is 2. The number of hydrogen-bond donors (Lipinski definition) is 3. The van der Waals surface area contributed by atoms with Gasteiger partial charge < -0.3 is 5.32 Å². The number of carbonyl (C=O) groups is 1. The third-order valence-electron chi connectivity index (χ3n) is 4.89. The molecule has 0 spiro atoms. The number of ketones is 1. The fourth-order valence-electron chi connectivity index (χ4n) is 3.80. The van der Waals surface area contributed by atoms with Gasteiger partial charge in [0.25, 0.3) is 5.56 Å². The first-order valence-corrected chi connectivity index (χ1v) is 8.35. The Morgan fingerprint density at radius 1 is 0.923 bits per heavy atom. The number of aromatic nitrogens is 2. The SMILES string of the molecule is O=C1C2=C(Nc3[nH][nH]c(=O)c3[C@H]2c2c(F)cccc2Cl)c2ccccc21. The van der Waals surface area contributed by atoms with Gasteiger partial charge >= 0.3 is 0 Å². The lowest BCUT2D eigenvalue weighted by molar-refractivity contribution is 0.103. The number of Topliss-reactive ketones (excluding diaryl/α,β-unsaturated/α-hetero) is 1. The monoisotopic (exact) mass is 367 g/mol. The van der Waals surface area contributed by atoms with Crippen molar-refractivity contribution in [2.75, 3.05) is 5.32 Å². The molecular weight excluding hydrogens is 357 g/mol. The predicted molar refractivity (Wildman–Crippen MR) is 96.0 cm³/mol. The van der Waals surface area contributed by atoms with Crippen LogP contribution in [0.1, 0.15) is 33.0 Å². The lowest BCUT2D eigenvalue weighted by Gasteiger charge is -2.26. The molecule has 3 aromatic rings. The molecule has 2 heterocycles. The van der Waals surface area contributed by atoms with Gasteiger partial charge in [0.05, 0.1) is 17.2 Å². The van der Waals surface area contributed by atoms with Crippen LogP contribution in [-0.2, 0) is 0 Å². The van der Waals surface area contributed by atoms with Crippen molar-refractivity contribution in [2.24, 2.45) is 0 Å². The van der Waals surface area contributed by atoms with Gasteiger partial charge in [-0.1, -0.05) is 41.9 Å². The van der Waals surface area contributed by atoms with Crippen LogP contribution in [0.4, 0.5) is 10.2 Å².